The molecule has 134 valence electrons. The van der Waals surface area contributed by atoms with Crippen molar-refractivity contribution in [3.63, 3.8) is 0 Å². The predicted molar refractivity (Wildman–Crippen MR) is 105 cm³/mol. The number of guanidine groups is 1. The molecule has 1 atom stereocenters. The molecule has 0 spiro atoms. The molecule has 0 saturated heterocycles. The second-order valence-electron chi connectivity index (χ2n) is 5.80. The molecule has 7 nitrogen and oxygen atoms in total. The number of hydrogen-bond donors (Lipinski definition) is 3. The number of hydrogen-bond acceptors (Lipinski definition) is 4. The van der Waals surface area contributed by atoms with Crippen LogP contribution in [0.4, 0.5) is 0 Å². The zero-order valence-electron chi connectivity index (χ0n) is 14.8. The Bertz CT molecular complexity index is 677. The van der Waals surface area contributed by atoms with Gasteiger partial charge in [-0.3, -0.25) is 9.67 Å². The summed E-state index contributed by atoms with van der Waals surface area (Å²) in [6.07, 6.45) is 1.55. The van der Waals surface area contributed by atoms with E-state index in [-0.39, 0.29) is 30.5 Å². The first kappa shape index (κ1) is 20.5. The molecule has 0 aliphatic heterocycles. The molecule has 0 amide bonds. The first-order valence-corrected chi connectivity index (χ1v) is 7.55. The first-order valence-electron chi connectivity index (χ1n) is 7.55. The van der Waals surface area contributed by atoms with Gasteiger partial charge in [-0.1, -0.05) is 0 Å². The van der Waals surface area contributed by atoms with E-state index in [1.54, 1.807) is 32.4 Å². The van der Waals surface area contributed by atoms with Crippen LogP contribution >= 0.6 is 24.0 Å². The van der Waals surface area contributed by atoms with E-state index in [9.17, 15) is 5.11 Å². The Balaban J connectivity index is 0.00000288. The molecule has 1 unspecified atom stereocenters. The number of aliphatic hydroxyl groups is 1. The van der Waals surface area contributed by atoms with E-state index in [2.05, 4.69) is 20.7 Å². The van der Waals surface area contributed by atoms with Gasteiger partial charge in [-0.05, 0) is 32.9 Å². The Hall–Kier alpha value is -1.55. The minimum atomic E-state index is -1.11. The van der Waals surface area contributed by atoms with Crippen LogP contribution in [0, 0.1) is 13.8 Å². The van der Waals surface area contributed by atoms with E-state index in [1.807, 2.05) is 25.6 Å². The van der Waals surface area contributed by atoms with Gasteiger partial charge < -0.3 is 20.2 Å². The SMILES string of the molecule is CN=C(NCc1c(C)nn(C)c1C)NCC(C)(O)c1ccco1.I. The largest absolute Gasteiger partial charge is 0.466 e. The maximum atomic E-state index is 10.4. The van der Waals surface area contributed by atoms with Gasteiger partial charge in [0.15, 0.2) is 5.96 Å². The molecule has 2 aromatic heterocycles. The molecule has 3 N–H and O–H groups in total. The van der Waals surface area contributed by atoms with Crippen molar-refractivity contribution in [3.8, 4) is 0 Å². The third kappa shape index (κ3) is 4.73. The fourth-order valence-corrected chi connectivity index (χ4v) is 2.39. The Morgan fingerprint density at radius 3 is 2.62 bits per heavy atom. The number of aliphatic imine (C=N–C) groups is 1. The highest BCUT2D eigenvalue weighted by atomic mass is 127. The maximum Gasteiger partial charge on any atom is 0.191 e. The molecular weight excluding hydrogens is 421 g/mol. The number of nitrogens with zero attached hydrogens (tertiary/aromatic N) is 3. The lowest BCUT2D eigenvalue weighted by atomic mass is 10.0. The molecule has 0 fully saturated rings. The van der Waals surface area contributed by atoms with Crippen LogP contribution in [0.15, 0.2) is 27.8 Å². The Kier molecular flexibility index (Phi) is 7.27. The monoisotopic (exact) mass is 447 g/mol. The van der Waals surface area contributed by atoms with E-state index in [4.69, 9.17) is 4.42 Å². The second kappa shape index (κ2) is 8.52. The third-order valence-electron chi connectivity index (χ3n) is 3.97. The van der Waals surface area contributed by atoms with Crippen molar-refractivity contribution < 1.29 is 9.52 Å². The standard InChI is InChI=1S/C16H25N5O2.HI/c1-11-13(12(2)21(5)20-11)9-18-15(17-4)19-10-16(3,22)14-7-6-8-23-14;/h6-8,22H,9-10H2,1-5H3,(H2,17,18,19);1H. The number of aryl methyl sites for hydroxylation is 2. The van der Waals surface area contributed by atoms with E-state index in [1.165, 1.54) is 0 Å². The number of halogens is 1. The summed E-state index contributed by atoms with van der Waals surface area (Å²) in [4.78, 5) is 4.18. The van der Waals surface area contributed by atoms with Crippen molar-refractivity contribution in [1.82, 2.24) is 20.4 Å². The smallest absolute Gasteiger partial charge is 0.191 e. The first-order chi connectivity index (χ1) is 10.8. The normalized spacial score (nSPS) is 14.0. The van der Waals surface area contributed by atoms with Crippen LogP contribution in [0.3, 0.4) is 0 Å². The molecule has 0 aliphatic carbocycles. The fraction of sp³-hybridized carbons (Fsp3) is 0.500. The molecule has 0 saturated carbocycles. The van der Waals surface area contributed by atoms with Gasteiger partial charge in [0.25, 0.3) is 0 Å². The van der Waals surface area contributed by atoms with Crippen molar-refractivity contribution in [2.45, 2.75) is 32.9 Å². The van der Waals surface area contributed by atoms with Crippen LogP contribution in [0.5, 0.6) is 0 Å². The summed E-state index contributed by atoms with van der Waals surface area (Å²) in [7, 11) is 3.62. The molecule has 2 rings (SSSR count). The summed E-state index contributed by atoms with van der Waals surface area (Å²) < 4.78 is 7.13. The zero-order valence-corrected chi connectivity index (χ0v) is 17.1. The Labute approximate surface area is 159 Å². The molecule has 0 bridgehead atoms. The van der Waals surface area contributed by atoms with Crippen molar-refractivity contribution in [2.75, 3.05) is 13.6 Å². The molecule has 2 aromatic rings. The average Bonchev–Trinajstić information content (AvgIpc) is 3.11. The van der Waals surface area contributed by atoms with Gasteiger partial charge in [-0.15, -0.1) is 24.0 Å². The minimum Gasteiger partial charge on any atom is -0.466 e. The van der Waals surface area contributed by atoms with Gasteiger partial charge >= 0.3 is 0 Å². The van der Waals surface area contributed by atoms with Crippen molar-refractivity contribution >= 4 is 29.9 Å². The Morgan fingerprint density at radius 2 is 2.12 bits per heavy atom. The van der Waals surface area contributed by atoms with Crippen LogP contribution in [0.1, 0.15) is 29.6 Å². The van der Waals surface area contributed by atoms with E-state index in [0.29, 0.717) is 18.3 Å². The topological polar surface area (TPSA) is 87.6 Å². The molecule has 2 heterocycles. The summed E-state index contributed by atoms with van der Waals surface area (Å²) in [6.45, 7) is 6.62. The van der Waals surface area contributed by atoms with Crippen molar-refractivity contribution in [2.24, 2.45) is 12.0 Å². The molecule has 0 radical (unpaired) electrons. The summed E-state index contributed by atoms with van der Waals surface area (Å²) in [5, 5.41) is 21.2. The fourth-order valence-electron chi connectivity index (χ4n) is 2.39. The molecule has 0 aromatic carbocycles. The Morgan fingerprint density at radius 1 is 1.42 bits per heavy atom. The molecular formula is C16H26IN5O2. The van der Waals surface area contributed by atoms with Crippen LogP contribution in [0.25, 0.3) is 0 Å². The quantitative estimate of drug-likeness (QED) is 0.370. The van der Waals surface area contributed by atoms with Gasteiger partial charge in [-0.25, -0.2) is 0 Å². The maximum absolute atomic E-state index is 10.4. The highest BCUT2D eigenvalue weighted by Crippen LogP contribution is 2.19. The number of aromatic nitrogens is 2. The van der Waals surface area contributed by atoms with Gasteiger partial charge in [0.1, 0.15) is 11.4 Å². The van der Waals surface area contributed by atoms with Gasteiger partial charge in [-0.2, -0.15) is 5.10 Å². The highest BCUT2D eigenvalue weighted by molar-refractivity contribution is 14.0. The predicted octanol–water partition coefficient (Wildman–Crippen LogP) is 1.82. The number of furan rings is 1. The third-order valence-corrected chi connectivity index (χ3v) is 3.97. The van der Waals surface area contributed by atoms with Gasteiger partial charge in [0, 0.05) is 31.9 Å². The summed E-state index contributed by atoms with van der Waals surface area (Å²) in [5.41, 5.74) is 2.15. The highest BCUT2D eigenvalue weighted by Gasteiger charge is 2.26. The lowest BCUT2D eigenvalue weighted by molar-refractivity contribution is 0.0386. The minimum absolute atomic E-state index is 0. The van der Waals surface area contributed by atoms with E-state index >= 15 is 0 Å². The van der Waals surface area contributed by atoms with Crippen LogP contribution in [0.2, 0.25) is 0 Å². The molecule has 8 heteroatoms. The lowest BCUT2D eigenvalue weighted by Gasteiger charge is -2.22. The lowest BCUT2D eigenvalue weighted by Crippen LogP contribution is -2.44. The van der Waals surface area contributed by atoms with Crippen LogP contribution < -0.4 is 10.6 Å². The van der Waals surface area contributed by atoms with Crippen molar-refractivity contribution in [1.29, 1.82) is 0 Å². The molecule has 24 heavy (non-hydrogen) atoms. The van der Waals surface area contributed by atoms with Crippen LogP contribution in [-0.4, -0.2) is 34.4 Å². The summed E-state index contributed by atoms with van der Waals surface area (Å²) in [5.74, 6) is 1.12. The summed E-state index contributed by atoms with van der Waals surface area (Å²) >= 11 is 0. The molecule has 0 aliphatic rings. The number of nitrogens with one attached hydrogen (secondary N) is 2. The van der Waals surface area contributed by atoms with E-state index < -0.39 is 5.60 Å². The van der Waals surface area contributed by atoms with E-state index in [0.717, 1.165) is 17.0 Å². The van der Waals surface area contributed by atoms with Gasteiger partial charge in [0.2, 0.25) is 0 Å². The number of rotatable bonds is 5. The summed E-state index contributed by atoms with van der Waals surface area (Å²) in [6, 6.07) is 3.51. The van der Waals surface area contributed by atoms with Crippen molar-refractivity contribution in [3.05, 3.63) is 41.1 Å². The van der Waals surface area contributed by atoms with Gasteiger partial charge in [0.05, 0.1) is 18.5 Å². The second-order valence-corrected chi connectivity index (χ2v) is 5.80. The van der Waals surface area contributed by atoms with Crippen LogP contribution in [-0.2, 0) is 19.2 Å². The zero-order chi connectivity index (χ0) is 17.0. The average molecular weight is 447 g/mol.